The third-order valence-electron chi connectivity index (χ3n) is 6.30. The molecule has 2 atom stereocenters. The maximum Gasteiger partial charge on any atom is 0.239 e. The highest BCUT2D eigenvalue weighted by molar-refractivity contribution is 8.01. The topological polar surface area (TPSA) is 87.3 Å². The lowest BCUT2D eigenvalue weighted by atomic mass is 9.99. The number of H-pyrrole nitrogens is 1. The Kier molecular flexibility index (Phi) is 6.99. The number of aromatic nitrogens is 2. The van der Waals surface area contributed by atoms with Crippen LogP contribution in [-0.2, 0) is 20.9 Å². The summed E-state index contributed by atoms with van der Waals surface area (Å²) < 4.78 is 19.0. The predicted octanol–water partition coefficient (Wildman–Crippen LogP) is 4.17. The monoisotopic (exact) mass is 494 g/mol. The number of carbonyl (C=O) groups is 2. The standard InChI is InChI=1S/C26H27FN4O3S/c1-16(32)14-21-26(33)28-25-22(23(29-30-25)18-6-8-20(27)9-7-18)24(35-21)19-4-2-17(3-5-19)15-31-10-12-34-13-11-31/h2-9,21,24H,10-15H2,1H3,(H2,28,29,30,33). The van der Waals surface area contributed by atoms with Crippen molar-refractivity contribution in [2.45, 2.75) is 30.4 Å². The van der Waals surface area contributed by atoms with Crippen LogP contribution >= 0.6 is 11.8 Å². The summed E-state index contributed by atoms with van der Waals surface area (Å²) in [5, 5.41) is 9.53. The number of anilines is 1. The van der Waals surface area contributed by atoms with Gasteiger partial charge < -0.3 is 10.1 Å². The van der Waals surface area contributed by atoms with Crippen LogP contribution in [0.15, 0.2) is 48.5 Å². The van der Waals surface area contributed by atoms with Gasteiger partial charge in [0.25, 0.3) is 0 Å². The van der Waals surface area contributed by atoms with E-state index in [0.717, 1.165) is 55.2 Å². The van der Waals surface area contributed by atoms with Crippen molar-refractivity contribution >= 4 is 29.3 Å². The lowest BCUT2D eigenvalue weighted by molar-refractivity contribution is -0.121. The molecule has 0 radical (unpaired) electrons. The number of nitrogens with zero attached hydrogens (tertiary/aromatic N) is 2. The van der Waals surface area contributed by atoms with Crippen molar-refractivity contribution in [3.8, 4) is 11.3 Å². The summed E-state index contributed by atoms with van der Waals surface area (Å²) in [6, 6.07) is 14.6. The number of thioether (sulfide) groups is 1. The highest BCUT2D eigenvalue weighted by atomic mass is 32.2. The molecule has 2 aliphatic heterocycles. The second-order valence-electron chi connectivity index (χ2n) is 8.90. The molecule has 0 aliphatic carbocycles. The van der Waals surface area contributed by atoms with E-state index in [9.17, 15) is 14.0 Å². The van der Waals surface area contributed by atoms with E-state index in [4.69, 9.17) is 4.74 Å². The summed E-state index contributed by atoms with van der Waals surface area (Å²) in [6.07, 6.45) is 0.141. The summed E-state index contributed by atoms with van der Waals surface area (Å²) in [4.78, 5) is 27.2. The van der Waals surface area contributed by atoms with Crippen molar-refractivity contribution < 1.29 is 18.7 Å². The number of aromatic amines is 1. The SMILES string of the molecule is CC(=O)CC1SC(c2ccc(CN3CCOCC3)cc2)c2c(n[nH]c2-c2ccc(F)cc2)NC1=O. The van der Waals surface area contributed by atoms with E-state index < -0.39 is 5.25 Å². The Balaban J connectivity index is 1.51. The van der Waals surface area contributed by atoms with Crippen molar-refractivity contribution in [1.82, 2.24) is 15.1 Å². The first-order chi connectivity index (χ1) is 17.0. The Morgan fingerprint density at radius 1 is 1.14 bits per heavy atom. The highest BCUT2D eigenvalue weighted by Crippen LogP contribution is 2.48. The third kappa shape index (κ3) is 5.32. The summed E-state index contributed by atoms with van der Waals surface area (Å²) in [5.41, 5.74) is 4.53. The van der Waals surface area contributed by atoms with Crippen LogP contribution in [0.5, 0.6) is 0 Å². The minimum atomic E-state index is -0.541. The zero-order valence-electron chi connectivity index (χ0n) is 19.4. The van der Waals surface area contributed by atoms with Crippen molar-refractivity contribution in [2.24, 2.45) is 0 Å². The van der Waals surface area contributed by atoms with Gasteiger partial charge in [-0.15, -0.1) is 11.8 Å². The number of rotatable bonds is 6. The van der Waals surface area contributed by atoms with Crippen LogP contribution in [0, 0.1) is 5.82 Å². The van der Waals surface area contributed by atoms with Gasteiger partial charge in [-0.2, -0.15) is 5.10 Å². The number of fused-ring (bicyclic) bond motifs is 1. The van der Waals surface area contributed by atoms with Crippen molar-refractivity contribution in [1.29, 1.82) is 0 Å². The molecule has 9 heteroatoms. The molecule has 2 aliphatic rings. The molecule has 3 heterocycles. The molecule has 7 nitrogen and oxygen atoms in total. The third-order valence-corrected chi connectivity index (χ3v) is 7.79. The summed E-state index contributed by atoms with van der Waals surface area (Å²) >= 11 is 1.45. The molecule has 0 spiro atoms. The second kappa shape index (κ2) is 10.3. The minimum Gasteiger partial charge on any atom is -0.379 e. The molecule has 182 valence electrons. The fourth-order valence-electron chi connectivity index (χ4n) is 4.49. The largest absolute Gasteiger partial charge is 0.379 e. The van der Waals surface area contributed by atoms with Crippen LogP contribution in [0.25, 0.3) is 11.3 Å². The average molecular weight is 495 g/mol. The van der Waals surface area contributed by atoms with Crippen LogP contribution in [0.3, 0.4) is 0 Å². The number of Topliss-reactive ketones (excluding diaryl/α,β-unsaturated/α-hetero) is 1. The maximum atomic E-state index is 13.6. The number of halogens is 1. The van der Waals surface area contributed by atoms with Gasteiger partial charge in [0.05, 0.1) is 29.4 Å². The van der Waals surface area contributed by atoms with Crippen molar-refractivity contribution in [3.63, 3.8) is 0 Å². The molecule has 2 aromatic carbocycles. The molecule has 2 N–H and O–H groups in total. The molecule has 3 aromatic rings. The molecule has 1 saturated heterocycles. The summed E-state index contributed by atoms with van der Waals surface area (Å²) in [6.45, 7) is 5.69. The highest BCUT2D eigenvalue weighted by Gasteiger charge is 2.36. The van der Waals surface area contributed by atoms with Crippen molar-refractivity contribution in [2.75, 3.05) is 31.6 Å². The van der Waals surface area contributed by atoms with Gasteiger partial charge in [-0.25, -0.2) is 4.39 Å². The Bertz CT molecular complexity index is 1210. The van der Waals surface area contributed by atoms with Crippen LogP contribution < -0.4 is 5.32 Å². The van der Waals surface area contributed by atoms with E-state index in [-0.39, 0.29) is 29.2 Å². The van der Waals surface area contributed by atoms with Crippen LogP contribution in [-0.4, -0.2) is 58.3 Å². The summed E-state index contributed by atoms with van der Waals surface area (Å²) in [5.74, 6) is -0.168. The first-order valence-electron chi connectivity index (χ1n) is 11.7. The molecule has 5 rings (SSSR count). The number of amides is 1. The lowest BCUT2D eigenvalue weighted by Crippen LogP contribution is -2.35. The molecule has 35 heavy (non-hydrogen) atoms. The maximum absolute atomic E-state index is 13.6. The molecule has 1 amide bonds. The molecule has 0 saturated carbocycles. The fraction of sp³-hybridized carbons (Fsp3) is 0.346. The second-order valence-corrected chi connectivity index (χ2v) is 10.2. The molecular formula is C26H27FN4O3S. The zero-order valence-corrected chi connectivity index (χ0v) is 20.2. The number of ketones is 1. The van der Waals surface area contributed by atoms with Crippen LogP contribution in [0.2, 0.25) is 0 Å². The van der Waals surface area contributed by atoms with Gasteiger partial charge in [0.2, 0.25) is 5.91 Å². The van der Waals surface area contributed by atoms with Gasteiger partial charge >= 0.3 is 0 Å². The number of hydrogen-bond acceptors (Lipinski definition) is 6. The van der Waals surface area contributed by atoms with E-state index in [1.807, 2.05) is 0 Å². The van der Waals surface area contributed by atoms with Gasteiger partial charge in [0.1, 0.15) is 11.6 Å². The Morgan fingerprint density at radius 3 is 2.54 bits per heavy atom. The minimum absolute atomic E-state index is 0.0443. The number of hydrogen-bond donors (Lipinski definition) is 2. The first kappa shape index (κ1) is 23.7. The van der Waals surface area contributed by atoms with Gasteiger partial charge in [-0.1, -0.05) is 24.3 Å². The molecule has 0 bridgehead atoms. The number of ether oxygens (including phenoxy) is 1. The van der Waals surface area contributed by atoms with E-state index >= 15 is 0 Å². The number of carbonyl (C=O) groups excluding carboxylic acids is 2. The number of morpholine rings is 1. The normalized spacial score (nSPS) is 20.7. The van der Waals surface area contributed by atoms with Gasteiger partial charge in [-0.05, 0) is 42.3 Å². The summed E-state index contributed by atoms with van der Waals surface area (Å²) in [7, 11) is 0. The Morgan fingerprint density at radius 2 is 1.86 bits per heavy atom. The van der Waals surface area contributed by atoms with E-state index in [2.05, 4.69) is 44.7 Å². The first-order valence-corrected chi connectivity index (χ1v) is 12.6. The Hall–Kier alpha value is -3.01. The fourth-order valence-corrected chi connectivity index (χ4v) is 6.01. The van der Waals surface area contributed by atoms with E-state index in [1.165, 1.54) is 36.4 Å². The number of benzene rings is 2. The lowest BCUT2D eigenvalue weighted by Gasteiger charge is -2.26. The van der Waals surface area contributed by atoms with Crippen LogP contribution in [0.4, 0.5) is 10.2 Å². The smallest absolute Gasteiger partial charge is 0.239 e. The van der Waals surface area contributed by atoms with E-state index in [1.54, 1.807) is 12.1 Å². The van der Waals surface area contributed by atoms with Gasteiger partial charge in [0.15, 0.2) is 5.82 Å². The predicted molar refractivity (Wildman–Crippen MR) is 134 cm³/mol. The zero-order chi connectivity index (χ0) is 24.4. The van der Waals surface area contributed by atoms with Crippen molar-refractivity contribution in [3.05, 3.63) is 71.0 Å². The molecule has 2 unspecified atom stereocenters. The molecule has 1 fully saturated rings. The molecule has 1 aromatic heterocycles. The molecular weight excluding hydrogens is 467 g/mol. The number of nitrogens with one attached hydrogen (secondary N) is 2. The van der Waals surface area contributed by atoms with Crippen LogP contribution in [0.1, 0.15) is 35.3 Å². The van der Waals surface area contributed by atoms with Gasteiger partial charge in [0, 0.05) is 37.2 Å². The van der Waals surface area contributed by atoms with Gasteiger partial charge in [-0.3, -0.25) is 19.6 Å². The quantitative estimate of drug-likeness (QED) is 0.535. The average Bonchev–Trinajstić information content (AvgIpc) is 3.20. The van der Waals surface area contributed by atoms with E-state index in [0.29, 0.717) is 5.82 Å². The Labute approximate surface area is 207 Å².